The summed E-state index contributed by atoms with van der Waals surface area (Å²) in [7, 11) is 0. The number of esters is 1. The van der Waals surface area contributed by atoms with Gasteiger partial charge in [0, 0.05) is 18.1 Å². The molecule has 1 heterocycles. The van der Waals surface area contributed by atoms with Crippen molar-refractivity contribution in [1.82, 2.24) is 4.98 Å². The molecule has 1 aromatic carbocycles. The number of unbranched alkanes of at least 4 members (excludes halogenated alkanes) is 9. The van der Waals surface area contributed by atoms with Gasteiger partial charge in [0.25, 0.3) is 0 Å². The molecule has 0 spiro atoms. The molecule has 0 unspecified atom stereocenters. The van der Waals surface area contributed by atoms with Gasteiger partial charge in [-0.25, -0.2) is 9.37 Å². The molecule has 0 aliphatic carbocycles. The van der Waals surface area contributed by atoms with Crippen LogP contribution in [0.25, 0.3) is 11.3 Å². The van der Waals surface area contributed by atoms with Gasteiger partial charge in [-0.2, -0.15) is 0 Å². The molecule has 0 N–H and O–H groups in total. The molecule has 0 fully saturated rings. The van der Waals surface area contributed by atoms with Crippen LogP contribution in [0.15, 0.2) is 36.5 Å². The zero-order chi connectivity index (χ0) is 23.0. The van der Waals surface area contributed by atoms with E-state index in [0.29, 0.717) is 18.6 Å². The molecular formula is C27H38FNO3. The van der Waals surface area contributed by atoms with Crippen molar-refractivity contribution in [3.05, 3.63) is 42.3 Å². The monoisotopic (exact) mass is 443 g/mol. The van der Waals surface area contributed by atoms with E-state index in [9.17, 15) is 9.18 Å². The highest BCUT2D eigenvalue weighted by Crippen LogP contribution is 2.26. The molecule has 0 radical (unpaired) electrons. The number of hydrogen-bond donors (Lipinski definition) is 0. The summed E-state index contributed by atoms with van der Waals surface area (Å²) >= 11 is 0. The fourth-order valence-corrected chi connectivity index (χ4v) is 3.53. The van der Waals surface area contributed by atoms with Crippen LogP contribution in [0, 0.1) is 5.82 Å². The smallest absolute Gasteiger partial charge is 0.311 e. The van der Waals surface area contributed by atoms with Gasteiger partial charge in [0.15, 0.2) is 11.6 Å². The maximum atomic E-state index is 14.6. The van der Waals surface area contributed by atoms with E-state index in [-0.39, 0.29) is 17.4 Å². The number of carbonyl (C=O) groups is 1. The minimum absolute atomic E-state index is 0.142. The first-order valence-corrected chi connectivity index (χ1v) is 12.2. The summed E-state index contributed by atoms with van der Waals surface area (Å²) in [4.78, 5) is 16.1. The zero-order valence-corrected chi connectivity index (χ0v) is 19.7. The molecule has 32 heavy (non-hydrogen) atoms. The second-order valence-corrected chi connectivity index (χ2v) is 8.28. The highest BCUT2D eigenvalue weighted by Gasteiger charge is 2.11. The van der Waals surface area contributed by atoms with Crippen LogP contribution in [-0.4, -0.2) is 17.6 Å². The summed E-state index contributed by atoms with van der Waals surface area (Å²) in [6.07, 6.45) is 14.3. The van der Waals surface area contributed by atoms with E-state index in [1.807, 2.05) is 12.1 Å². The van der Waals surface area contributed by atoms with Crippen LogP contribution in [0.4, 0.5) is 4.39 Å². The van der Waals surface area contributed by atoms with Crippen molar-refractivity contribution in [1.29, 1.82) is 0 Å². The lowest BCUT2D eigenvalue weighted by Crippen LogP contribution is -2.08. The van der Waals surface area contributed by atoms with Gasteiger partial charge >= 0.3 is 5.97 Å². The fraction of sp³-hybridized carbons (Fsp3) is 0.556. The number of aromatic nitrogens is 1. The first kappa shape index (κ1) is 25.8. The third kappa shape index (κ3) is 9.80. The number of nitrogens with zero attached hydrogens (tertiary/aromatic N) is 1. The fourth-order valence-electron chi connectivity index (χ4n) is 3.53. The lowest BCUT2D eigenvalue weighted by Gasteiger charge is -2.09. The van der Waals surface area contributed by atoms with Gasteiger partial charge < -0.3 is 9.47 Å². The van der Waals surface area contributed by atoms with E-state index < -0.39 is 5.82 Å². The Morgan fingerprint density at radius 1 is 0.844 bits per heavy atom. The third-order valence-corrected chi connectivity index (χ3v) is 5.43. The molecule has 0 bridgehead atoms. The van der Waals surface area contributed by atoms with Gasteiger partial charge in [0.2, 0.25) is 0 Å². The van der Waals surface area contributed by atoms with Crippen LogP contribution in [0.2, 0.25) is 0 Å². The Morgan fingerprint density at radius 3 is 2.12 bits per heavy atom. The first-order valence-electron chi connectivity index (χ1n) is 12.2. The van der Waals surface area contributed by atoms with Crippen molar-refractivity contribution in [2.24, 2.45) is 0 Å². The number of rotatable bonds is 16. The molecule has 2 rings (SSSR count). The Hall–Kier alpha value is -2.43. The topological polar surface area (TPSA) is 48.4 Å². The van der Waals surface area contributed by atoms with Gasteiger partial charge in [-0.3, -0.25) is 4.79 Å². The van der Waals surface area contributed by atoms with Gasteiger partial charge in [0.05, 0.1) is 12.8 Å². The Kier molecular flexibility index (Phi) is 12.4. The summed E-state index contributed by atoms with van der Waals surface area (Å²) in [6, 6.07) is 8.48. The lowest BCUT2D eigenvalue weighted by atomic mass is 10.1. The third-order valence-electron chi connectivity index (χ3n) is 5.43. The highest BCUT2D eigenvalue weighted by atomic mass is 19.1. The zero-order valence-electron chi connectivity index (χ0n) is 19.7. The highest BCUT2D eigenvalue weighted by molar-refractivity contribution is 5.72. The molecule has 0 saturated heterocycles. The van der Waals surface area contributed by atoms with Crippen molar-refractivity contribution in [3.8, 4) is 22.8 Å². The lowest BCUT2D eigenvalue weighted by molar-refractivity contribution is -0.134. The molecule has 0 aliphatic heterocycles. The predicted octanol–water partition coefficient (Wildman–Crippen LogP) is 7.89. The minimum atomic E-state index is -0.515. The molecule has 0 atom stereocenters. The maximum absolute atomic E-state index is 14.6. The van der Waals surface area contributed by atoms with Crippen LogP contribution in [0.1, 0.15) is 90.9 Å². The maximum Gasteiger partial charge on any atom is 0.311 e. The molecular weight excluding hydrogens is 405 g/mol. The quantitative estimate of drug-likeness (QED) is 0.195. The SMILES string of the molecule is CCCCCCCCOc1ccc(-c2ncc(OC(=O)CCCCCCC)cc2F)cc1. The second kappa shape index (κ2) is 15.4. The van der Waals surface area contributed by atoms with Gasteiger partial charge in [-0.05, 0) is 37.1 Å². The first-order chi connectivity index (χ1) is 15.6. The van der Waals surface area contributed by atoms with Crippen LogP contribution >= 0.6 is 0 Å². The van der Waals surface area contributed by atoms with Crippen molar-refractivity contribution in [2.75, 3.05) is 6.61 Å². The molecule has 0 amide bonds. The van der Waals surface area contributed by atoms with E-state index in [1.54, 1.807) is 12.1 Å². The van der Waals surface area contributed by atoms with Gasteiger partial charge in [-0.1, -0.05) is 71.6 Å². The van der Waals surface area contributed by atoms with E-state index in [1.165, 1.54) is 50.8 Å². The number of benzene rings is 1. The number of hydrogen-bond acceptors (Lipinski definition) is 4. The Balaban J connectivity index is 1.79. The normalized spacial score (nSPS) is 10.8. The van der Waals surface area contributed by atoms with Crippen LogP contribution < -0.4 is 9.47 Å². The molecule has 0 saturated carbocycles. The van der Waals surface area contributed by atoms with E-state index >= 15 is 0 Å². The largest absolute Gasteiger partial charge is 0.494 e. The summed E-state index contributed by atoms with van der Waals surface area (Å²) in [5, 5.41) is 0. The molecule has 2 aromatic rings. The molecule has 176 valence electrons. The Morgan fingerprint density at radius 2 is 1.47 bits per heavy atom. The van der Waals surface area contributed by atoms with Crippen molar-refractivity contribution < 1.29 is 18.7 Å². The number of carbonyl (C=O) groups excluding carboxylic acids is 1. The second-order valence-electron chi connectivity index (χ2n) is 8.28. The summed E-state index contributed by atoms with van der Waals surface area (Å²) in [6.45, 7) is 5.06. The molecule has 1 aromatic heterocycles. The Bertz CT molecular complexity index is 792. The van der Waals surface area contributed by atoms with E-state index in [0.717, 1.165) is 37.9 Å². The number of ether oxygens (including phenoxy) is 2. The number of pyridine rings is 1. The standard InChI is InChI=1S/C27H38FNO3/c1-3-5-7-9-11-13-19-31-23-17-15-22(16-18-23)27-25(28)20-24(21-29-27)32-26(30)14-12-10-8-6-4-2/h15-18,20-21H,3-14,19H2,1-2H3. The van der Waals surface area contributed by atoms with Gasteiger partial charge in [-0.15, -0.1) is 0 Å². The van der Waals surface area contributed by atoms with Crippen molar-refractivity contribution >= 4 is 5.97 Å². The van der Waals surface area contributed by atoms with Crippen LogP contribution in [0.5, 0.6) is 11.5 Å². The average molecular weight is 444 g/mol. The molecule has 4 nitrogen and oxygen atoms in total. The van der Waals surface area contributed by atoms with E-state index in [4.69, 9.17) is 9.47 Å². The van der Waals surface area contributed by atoms with Crippen LogP contribution in [0.3, 0.4) is 0 Å². The number of halogens is 1. The van der Waals surface area contributed by atoms with Crippen molar-refractivity contribution in [3.63, 3.8) is 0 Å². The van der Waals surface area contributed by atoms with Crippen molar-refractivity contribution in [2.45, 2.75) is 90.9 Å². The summed E-state index contributed by atoms with van der Waals surface area (Å²) in [5.41, 5.74) is 0.884. The summed E-state index contributed by atoms with van der Waals surface area (Å²) in [5.74, 6) is 0.0530. The average Bonchev–Trinajstić information content (AvgIpc) is 2.79. The summed E-state index contributed by atoms with van der Waals surface area (Å²) < 4.78 is 25.6. The van der Waals surface area contributed by atoms with Crippen LogP contribution in [-0.2, 0) is 4.79 Å². The Labute approximate surface area is 192 Å². The molecule has 5 heteroatoms. The van der Waals surface area contributed by atoms with Gasteiger partial charge in [0.1, 0.15) is 11.4 Å². The predicted molar refractivity (Wildman–Crippen MR) is 128 cm³/mol. The molecule has 0 aliphatic rings. The van der Waals surface area contributed by atoms with E-state index in [2.05, 4.69) is 18.8 Å². The minimum Gasteiger partial charge on any atom is -0.494 e.